The van der Waals surface area contributed by atoms with Crippen LogP contribution < -0.4 is 4.74 Å². The van der Waals surface area contributed by atoms with E-state index in [1.165, 1.54) is 7.11 Å². The zero-order chi connectivity index (χ0) is 10.1. The summed E-state index contributed by atoms with van der Waals surface area (Å²) >= 11 is 2.24. The minimum Gasteiger partial charge on any atom is -0.478 e. The van der Waals surface area contributed by atoms with Crippen molar-refractivity contribution in [2.75, 3.05) is 7.11 Å². The van der Waals surface area contributed by atoms with Gasteiger partial charge in [0.15, 0.2) is 6.10 Å². The maximum Gasteiger partial charge on any atom is 0.347 e. The van der Waals surface area contributed by atoms with Crippen LogP contribution in [0.25, 0.3) is 0 Å². The highest BCUT2D eigenvalue weighted by Gasteiger charge is 2.29. The second-order valence-corrected chi connectivity index (χ2v) is 4.33. The third-order valence-corrected chi connectivity index (χ3v) is 2.83. The van der Waals surface area contributed by atoms with Crippen molar-refractivity contribution >= 4 is 28.6 Å². The summed E-state index contributed by atoms with van der Waals surface area (Å²) in [4.78, 5) is 11.2. The fourth-order valence-corrected chi connectivity index (χ4v) is 2.04. The molecule has 0 spiro atoms. The molecule has 1 aromatic rings. The van der Waals surface area contributed by atoms with Gasteiger partial charge in [0.2, 0.25) is 0 Å². The molecular formula is C10H9IO3. The Hall–Kier alpha value is -0.780. The first kappa shape index (κ1) is 9.76. The molecule has 0 saturated heterocycles. The summed E-state index contributed by atoms with van der Waals surface area (Å²) in [7, 11) is 1.37. The lowest BCUT2D eigenvalue weighted by molar-refractivity contribution is -0.147. The normalized spacial score (nSPS) is 18.6. The fraction of sp³-hybridized carbons (Fsp3) is 0.300. The van der Waals surface area contributed by atoms with Gasteiger partial charge in [-0.1, -0.05) is 0 Å². The Bertz CT molecular complexity index is 376. The number of fused-ring (bicyclic) bond motifs is 1. The van der Waals surface area contributed by atoms with Gasteiger partial charge in [-0.05, 0) is 46.4 Å². The minimum absolute atomic E-state index is 0.309. The molecule has 74 valence electrons. The molecule has 1 atom stereocenters. The molecule has 4 heteroatoms. The topological polar surface area (TPSA) is 35.5 Å². The molecule has 1 aromatic carbocycles. The Morgan fingerprint density at radius 3 is 3.14 bits per heavy atom. The summed E-state index contributed by atoms with van der Waals surface area (Å²) < 4.78 is 11.2. The van der Waals surface area contributed by atoms with Crippen LogP contribution in [0.4, 0.5) is 0 Å². The van der Waals surface area contributed by atoms with Gasteiger partial charge in [-0.15, -0.1) is 0 Å². The summed E-state index contributed by atoms with van der Waals surface area (Å²) in [6.45, 7) is 0. The Morgan fingerprint density at radius 1 is 1.64 bits per heavy atom. The number of carbonyl (C=O) groups excluding carboxylic acids is 1. The summed E-state index contributed by atoms with van der Waals surface area (Å²) in [5.74, 6) is 0.483. The van der Waals surface area contributed by atoms with Crippen molar-refractivity contribution in [2.24, 2.45) is 0 Å². The molecule has 0 fully saturated rings. The Kier molecular flexibility index (Phi) is 2.62. The van der Waals surface area contributed by atoms with Gasteiger partial charge in [0.1, 0.15) is 5.75 Å². The van der Waals surface area contributed by atoms with Crippen LogP contribution in [0.5, 0.6) is 5.75 Å². The number of carbonyl (C=O) groups is 1. The molecule has 1 aliphatic heterocycles. The molecule has 1 heterocycles. The van der Waals surface area contributed by atoms with E-state index in [1.54, 1.807) is 0 Å². The molecule has 0 amide bonds. The number of methoxy groups -OCH3 is 1. The molecule has 1 aliphatic rings. The van der Waals surface area contributed by atoms with E-state index in [0.29, 0.717) is 6.42 Å². The van der Waals surface area contributed by atoms with Crippen molar-refractivity contribution in [1.82, 2.24) is 0 Å². The van der Waals surface area contributed by atoms with Gasteiger partial charge < -0.3 is 9.47 Å². The van der Waals surface area contributed by atoms with E-state index in [-0.39, 0.29) is 5.97 Å². The highest BCUT2D eigenvalue weighted by molar-refractivity contribution is 14.1. The van der Waals surface area contributed by atoms with Crippen LogP contribution in [0.3, 0.4) is 0 Å². The second kappa shape index (κ2) is 3.76. The molecular weight excluding hydrogens is 295 g/mol. The monoisotopic (exact) mass is 304 g/mol. The molecule has 2 rings (SSSR count). The average molecular weight is 304 g/mol. The van der Waals surface area contributed by atoms with E-state index in [0.717, 1.165) is 14.9 Å². The van der Waals surface area contributed by atoms with Crippen LogP contribution in [0.15, 0.2) is 18.2 Å². The summed E-state index contributed by atoms with van der Waals surface area (Å²) in [6, 6.07) is 5.87. The third-order valence-electron chi connectivity index (χ3n) is 2.16. The lowest BCUT2D eigenvalue weighted by Gasteiger charge is -2.06. The molecule has 0 N–H and O–H groups in total. The molecule has 0 bridgehead atoms. The van der Waals surface area contributed by atoms with Crippen LogP contribution in [0.2, 0.25) is 0 Å². The molecule has 0 aliphatic carbocycles. The van der Waals surface area contributed by atoms with Gasteiger partial charge >= 0.3 is 5.97 Å². The van der Waals surface area contributed by atoms with Crippen LogP contribution in [-0.2, 0) is 16.0 Å². The van der Waals surface area contributed by atoms with Crippen molar-refractivity contribution in [2.45, 2.75) is 12.5 Å². The Morgan fingerprint density at radius 2 is 2.43 bits per heavy atom. The van der Waals surface area contributed by atoms with Gasteiger partial charge in [-0.2, -0.15) is 0 Å². The first-order valence-electron chi connectivity index (χ1n) is 4.23. The molecule has 3 nitrogen and oxygen atoms in total. The van der Waals surface area contributed by atoms with E-state index in [4.69, 9.17) is 4.74 Å². The average Bonchev–Trinajstić information content (AvgIpc) is 2.59. The smallest absolute Gasteiger partial charge is 0.347 e. The van der Waals surface area contributed by atoms with Crippen molar-refractivity contribution in [3.05, 3.63) is 27.3 Å². The van der Waals surface area contributed by atoms with Crippen molar-refractivity contribution in [3.63, 3.8) is 0 Å². The number of ether oxygens (including phenoxy) is 2. The maximum atomic E-state index is 11.2. The molecule has 14 heavy (non-hydrogen) atoms. The standard InChI is InChI=1S/C10H9IO3/c1-13-10(12)9-5-6-4-7(11)2-3-8(6)14-9/h2-4,9H,5H2,1H3. The van der Waals surface area contributed by atoms with Crippen LogP contribution >= 0.6 is 22.6 Å². The van der Waals surface area contributed by atoms with E-state index in [9.17, 15) is 4.79 Å². The number of hydrogen-bond acceptors (Lipinski definition) is 3. The number of esters is 1. The first-order chi connectivity index (χ1) is 6.70. The number of benzene rings is 1. The van der Waals surface area contributed by atoms with Crippen molar-refractivity contribution in [1.29, 1.82) is 0 Å². The van der Waals surface area contributed by atoms with E-state index in [2.05, 4.69) is 27.3 Å². The number of hydrogen-bond donors (Lipinski definition) is 0. The predicted octanol–water partition coefficient (Wildman–Crippen LogP) is 1.77. The highest BCUT2D eigenvalue weighted by Crippen LogP contribution is 2.30. The predicted molar refractivity (Wildman–Crippen MR) is 59.3 cm³/mol. The molecule has 0 radical (unpaired) electrons. The third kappa shape index (κ3) is 1.70. The maximum absolute atomic E-state index is 11.2. The SMILES string of the molecule is COC(=O)C1Cc2cc(I)ccc2O1. The summed E-state index contributed by atoms with van der Waals surface area (Å²) in [5, 5.41) is 0. The van der Waals surface area contributed by atoms with Gasteiger partial charge in [-0.3, -0.25) is 0 Å². The van der Waals surface area contributed by atoms with Crippen LogP contribution in [0.1, 0.15) is 5.56 Å². The minimum atomic E-state index is -0.465. The zero-order valence-corrected chi connectivity index (χ0v) is 9.78. The summed E-state index contributed by atoms with van der Waals surface area (Å²) in [5.41, 5.74) is 1.08. The lowest BCUT2D eigenvalue weighted by atomic mass is 10.1. The Balaban J connectivity index is 2.22. The molecule has 0 saturated carbocycles. The van der Waals surface area contributed by atoms with Crippen molar-refractivity contribution < 1.29 is 14.3 Å². The number of halogens is 1. The Labute approximate surface area is 95.5 Å². The fourth-order valence-electron chi connectivity index (χ4n) is 1.48. The molecule has 1 unspecified atom stereocenters. The largest absolute Gasteiger partial charge is 0.478 e. The van der Waals surface area contributed by atoms with E-state index < -0.39 is 6.10 Å². The van der Waals surface area contributed by atoms with Crippen LogP contribution in [0, 0.1) is 3.57 Å². The zero-order valence-electron chi connectivity index (χ0n) is 7.62. The van der Waals surface area contributed by atoms with Gasteiger partial charge in [0.25, 0.3) is 0 Å². The lowest BCUT2D eigenvalue weighted by Crippen LogP contribution is -2.26. The highest BCUT2D eigenvalue weighted by atomic mass is 127. The van der Waals surface area contributed by atoms with E-state index >= 15 is 0 Å². The van der Waals surface area contributed by atoms with Crippen molar-refractivity contribution in [3.8, 4) is 5.75 Å². The second-order valence-electron chi connectivity index (χ2n) is 3.09. The summed E-state index contributed by atoms with van der Waals surface area (Å²) in [6.07, 6.45) is 0.145. The quantitative estimate of drug-likeness (QED) is 0.586. The van der Waals surface area contributed by atoms with Crippen LogP contribution in [-0.4, -0.2) is 19.2 Å². The first-order valence-corrected chi connectivity index (χ1v) is 5.31. The number of rotatable bonds is 1. The van der Waals surface area contributed by atoms with Gasteiger partial charge in [0, 0.05) is 9.99 Å². The molecule has 0 aromatic heterocycles. The van der Waals surface area contributed by atoms with Gasteiger partial charge in [-0.25, -0.2) is 4.79 Å². The van der Waals surface area contributed by atoms with Gasteiger partial charge in [0.05, 0.1) is 7.11 Å². The van der Waals surface area contributed by atoms with E-state index in [1.807, 2.05) is 18.2 Å².